The van der Waals surface area contributed by atoms with Gasteiger partial charge in [-0.05, 0) is 36.1 Å². The molecule has 1 aliphatic heterocycles. The number of nitro benzene ring substituents is 1. The van der Waals surface area contributed by atoms with Crippen molar-refractivity contribution in [3.63, 3.8) is 0 Å². The van der Waals surface area contributed by atoms with Gasteiger partial charge in [-0.15, -0.1) is 0 Å². The molecule has 2 aliphatic rings. The van der Waals surface area contributed by atoms with Gasteiger partial charge >= 0.3 is 0 Å². The number of nitrogens with one attached hydrogen (secondary N) is 1. The Balaban J connectivity index is 1.70. The molecular weight excluding hydrogens is 367 g/mol. The quantitative estimate of drug-likeness (QED) is 0.606. The van der Waals surface area contributed by atoms with E-state index in [4.69, 9.17) is 27.9 Å². The number of carbonyl (C=O) groups is 1. The molecular formula is C17H12Cl2N2O4. The standard InChI is InChI=1S/C17H12Cl2N2O4/c1-8-7-17(8)11-6-10(2-3-14(11)20-16(17)22)25-15-12(18)4-9(21(23)24)5-13(15)19/h2-6,8H,7H2,1H3,(H,20,22). The first-order valence-electron chi connectivity index (χ1n) is 7.60. The van der Waals surface area contributed by atoms with Gasteiger partial charge in [0.25, 0.3) is 5.69 Å². The van der Waals surface area contributed by atoms with Crippen LogP contribution in [0.25, 0.3) is 0 Å². The van der Waals surface area contributed by atoms with E-state index in [2.05, 4.69) is 5.32 Å². The molecule has 1 N–H and O–H groups in total. The third-order valence-electron chi connectivity index (χ3n) is 4.85. The molecule has 0 radical (unpaired) electrons. The zero-order valence-corrected chi connectivity index (χ0v) is 14.5. The molecule has 0 aromatic heterocycles. The first kappa shape index (κ1) is 16.2. The summed E-state index contributed by atoms with van der Waals surface area (Å²) in [6, 6.07) is 7.64. The second kappa shape index (κ2) is 5.34. The largest absolute Gasteiger partial charge is 0.454 e. The van der Waals surface area contributed by atoms with Crippen molar-refractivity contribution in [3.8, 4) is 11.5 Å². The number of nitro groups is 1. The van der Waals surface area contributed by atoms with Gasteiger partial charge in [-0.1, -0.05) is 30.1 Å². The van der Waals surface area contributed by atoms with E-state index < -0.39 is 10.3 Å². The summed E-state index contributed by atoms with van der Waals surface area (Å²) in [4.78, 5) is 22.5. The van der Waals surface area contributed by atoms with E-state index >= 15 is 0 Å². The fraction of sp³-hybridized carbons (Fsp3) is 0.235. The number of fused-ring (bicyclic) bond motifs is 2. The number of amides is 1. The van der Waals surface area contributed by atoms with E-state index in [1.54, 1.807) is 18.2 Å². The Bertz CT molecular complexity index is 923. The van der Waals surface area contributed by atoms with E-state index in [9.17, 15) is 14.9 Å². The SMILES string of the molecule is CC1CC12C(=O)Nc1ccc(Oc3c(Cl)cc([N+](=O)[O-])cc3Cl)cc12. The Labute approximate surface area is 152 Å². The van der Waals surface area contributed by atoms with Crippen LogP contribution >= 0.6 is 23.2 Å². The number of hydrogen-bond acceptors (Lipinski definition) is 4. The number of rotatable bonds is 3. The van der Waals surface area contributed by atoms with E-state index in [0.717, 1.165) is 17.7 Å². The van der Waals surface area contributed by atoms with Crippen LogP contribution in [0.2, 0.25) is 10.0 Å². The minimum absolute atomic E-state index is 0.0125. The lowest BCUT2D eigenvalue weighted by atomic mass is 9.95. The van der Waals surface area contributed by atoms with E-state index in [-0.39, 0.29) is 33.3 Å². The van der Waals surface area contributed by atoms with Crippen LogP contribution in [0.15, 0.2) is 30.3 Å². The third kappa shape index (κ3) is 2.36. The minimum atomic E-state index is -0.577. The van der Waals surface area contributed by atoms with Gasteiger partial charge in [-0.2, -0.15) is 0 Å². The average molecular weight is 379 g/mol. The molecule has 2 aromatic carbocycles. The number of benzene rings is 2. The molecule has 25 heavy (non-hydrogen) atoms. The van der Waals surface area contributed by atoms with Gasteiger partial charge < -0.3 is 10.1 Å². The van der Waals surface area contributed by atoms with Crippen molar-refractivity contribution >= 4 is 40.5 Å². The smallest absolute Gasteiger partial charge is 0.272 e. The van der Waals surface area contributed by atoms with Crippen molar-refractivity contribution in [1.29, 1.82) is 0 Å². The predicted octanol–water partition coefficient (Wildman–Crippen LogP) is 4.92. The van der Waals surface area contributed by atoms with E-state index in [1.807, 2.05) is 6.92 Å². The van der Waals surface area contributed by atoms with Gasteiger partial charge in [0, 0.05) is 17.8 Å². The normalized spacial score (nSPS) is 23.3. The van der Waals surface area contributed by atoms with Crippen LogP contribution in [-0.2, 0) is 10.2 Å². The second-order valence-corrected chi connectivity index (χ2v) is 7.15. The van der Waals surface area contributed by atoms with Crippen molar-refractivity contribution in [2.24, 2.45) is 5.92 Å². The molecule has 1 heterocycles. The van der Waals surface area contributed by atoms with E-state index in [1.165, 1.54) is 12.1 Å². The number of carbonyl (C=O) groups excluding carboxylic acids is 1. The molecule has 2 unspecified atom stereocenters. The number of nitrogens with zero attached hydrogens (tertiary/aromatic N) is 1. The molecule has 128 valence electrons. The van der Waals surface area contributed by atoms with Crippen molar-refractivity contribution in [3.05, 3.63) is 56.1 Å². The van der Waals surface area contributed by atoms with Gasteiger partial charge in [0.05, 0.1) is 20.4 Å². The highest BCUT2D eigenvalue weighted by atomic mass is 35.5. The van der Waals surface area contributed by atoms with Crippen LogP contribution in [0.4, 0.5) is 11.4 Å². The number of ether oxygens (including phenoxy) is 1. The van der Waals surface area contributed by atoms with Crippen LogP contribution in [0.1, 0.15) is 18.9 Å². The van der Waals surface area contributed by atoms with Crippen LogP contribution in [-0.4, -0.2) is 10.8 Å². The number of halogens is 2. The van der Waals surface area contributed by atoms with Crippen LogP contribution in [0.3, 0.4) is 0 Å². The fourth-order valence-corrected chi connectivity index (χ4v) is 3.96. The molecule has 0 saturated heterocycles. The maximum Gasteiger partial charge on any atom is 0.272 e. The summed E-state index contributed by atoms with van der Waals surface area (Å²) in [6.07, 6.45) is 0.800. The van der Waals surface area contributed by atoms with Crippen LogP contribution < -0.4 is 10.1 Å². The summed E-state index contributed by atoms with van der Waals surface area (Å²) in [5.41, 5.74) is 0.994. The van der Waals surface area contributed by atoms with Gasteiger partial charge in [-0.3, -0.25) is 14.9 Å². The van der Waals surface area contributed by atoms with Crippen molar-refractivity contribution in [2.45, 2.75) is 18.8 Å². The average Bonchev–Trinajstić information content (AvgIpc) is 3.15. The molecule has 4 rings (SSSR count). The first-order valence-corrected chi connectivity index (χ1v) is 8.36. The van der Waals surface area contributed by atoms with E-state index in [0.29, 0.717) is 5.75 Å². The molecule has 2 aromatic rings. The van der Waals surface area contributed by atoms with Crippen LogP contribution in [0, 0.1) is 16.0 Å². The highest BCUT2D eigenvalue weighted by Crippen LogP contribution is 2.60. The highest BCUT2D eigenvalue weighted by Gasteiger charge is 2.62. The lowest BCUT2D eigenvalue weighted by molar-refractivity contribution is -0.384. The molecule has 1 aliphatic carbocycles. The molecule has 1 saturated carbocycles. The Morgan fingerprint density at radius 2 is 1.92 bits per heavy atom. The molecule has 2 atom stereocenters. The summed E-state index contributed by atoms with van der Waals surface area (Å²) in [5.74, 6) is 0.893. The summed E-state index contributed by atoms with van der Waals surface area (Å²) >= 11 is 12.2. The monoisotopic (exact) mass is 378 g/mol. The van der Waals surface area contributed by atoms with Crippen LogP contribution in [0.5, 0.6) is 11.5 Å². The second-order valence-electron chi connectivity index (χ2n) is 6.34. The highest BCUT2D eigenvalue weighted by molar-refractivity contribution is 6.37. The summed E-state index contributed by atoms with van der Waals surface area (Å²) in [6.45, 7) is 2.03. The fourth-order valence-electron chi connectivity index (χ4n) is 3.40. The lowest BCUT2D eigenvalue weighted by Crippen LogP contribution is -2.20. The molecule has 1 fully saturated rings. The number of anilines is 1. The maximum atomic E-state index is 12.2. The molecule has 8 heteroatoms. The summed E-state index contributed by atoms with van der Waals surface area (Å²) in [7, 11) is 0. The van der Waals surface area contributed by atoms with Crippen molar-refractivity contribution < 1.29 is 14.5 Å². The zero-order chi connectivity index (χ0) is 17.9. The number of hydrogen-bond donors (Lipinski definition) is 1. The topological polar surface area (TPSA) is 81.5 Å². The number of non-ortho nitro benzene ring substituents is 1. The Kier molecular flexibility index (Phi) is 3.46. The Morgan fingerprint density at radius 3 is 2.48 bits per heavy atom. The lowest BCUT2D eigenvalue weighted by Gasteiger charge is -2.12. The molecule has 6 nitrogen and oxygen atoms in total. The van der Waals surface area contributed by atoms with Gasteiger partial charge in [0.15, 0.2) is 5.75 Å². The van der Waals surface area contributed by atoms with Gasteiger partial charge in [0.1, 0.15) is 5.75 Å². The Morgan fingerprint density at radius 1 is 1.28 bits per heavy atom. The molecule has 0 bridgehead atoms. The zero-order valence-electron chi connectivity index (χ0n) is 13.0. The molecule has 1 amide bonds. The Hall–Kier alpha value is -2.31. The maximum absolute atomic E-state index is 12.2. The molecule has 1 spiro atoms. The summed E-state index contributed by atoms with van der Waals surface area (Å²) in [5, 5.41) is 13.8. The van der Waals surface area contributed by atoms with Gasteiger partial charge in [-0.25, -0.2) is 0 Å². The first-order chi connectivity index (χ1) is 11.8. The summed E-state index contributed by atoms with van der Waals surface area (Å²) < 4.78 is 5.77. The minimum Gasteiger partial charge on any atom is -0.454 e. The third-order valence-corrected chi connectivity index (χ3v) is 5.41. The van der Waals surface area contributed by atoms with Gasteiger partial charge in [0.2, 0.25) is 5.91 Å². The van der Waals surface area contributed by atoms with Crippen molar-refractivity contribution in [1.82, 2.24) is 0 Å². The van der Waals surface area contributed by atoms with Crippen molar-refractivity contribution in [2.75, 3.05) is 5.32 Å². The predicted molar refractivity (Wildman–Crippen MR) is 93.7 cm³/mol.